The smallest absolute Gasteiger partial charge is 0.414 e. The van der Waals surface area contributed by atoms with Crippen molar-refractivity contribution in [3.05, 3.63) is 24.3 Å². The lowest BCUT2D eigenvalue weighted by Gasteiger charge is -2.24. The summed E-state index contributed by atoms with van der Waals surface area (Å²) in [6, 6.07) is 7.04. The van der Waals surface area contributed by atoms with E-state index in [-0.39, 0.29) is 18.2 Å². The number of cyclic esters (lactones) is 1. The van der Waals surface area contributed by atoms with Crippen molar-refractivity contribution in [3.63, 3.8) is 0 Å². The van der Waals surface area contributed by atoms with E-state index in [4.69, 9.17) is 4.74 Å². The minimum atomic E-state index is -0.357. The number of likely N-dealkylation sites (N-methyl/N-ethyl adjacent to an activating group) is 1. The number of ether oxygens (including phenoxy) is 1. The van der Waals surface area contributed by atoms with Crippen LogP contribution in [-0.2, 0) is 4.74 Å². The van der Waals surface area contributed by atoms with E-state index in [1.807, 2.05) is 26.2 Å². The van der Waals surface area contributed by atoms with E-state index in [1.165, 1.54) is 0 Å². The number of anilines is 2. The van der Waals surface area contributed by atoms with Crippen LogP contribution in [0.1, 0.15) is 20.3 Å². The molecule has 0 aromatic heterocycles. The molecule has 1 fully saturated rings. The Hall–Kier alpha value is -2.28. The fourth-order valence-corrected chi connectivity index (χ4v) is 2.92. The molecule has 0 spiro atoms. The molecular weight excluding hydrogens is 320 g/mol. The van der Waals surface area contributed by atoms with Crippen LogP contribution in [0.2, 0.25) is 0 Å². The molecule has 138 valence electrons. The van der Waals surface area contributed by atoms with Crippen LogP contribution in [0.15, 0.2) is 24.3 Å². The molecule has 25 heavy (non-hydrogen) atoms. The van der Waals surface area contributed by atoms with Gasteiger partial charge in [-0.3, -0.25) is 4.90 Å². The molecule has 1 heterocycles. The van der Waals surface area contributed by atoms with Crippen molar-refractivity contribution in [3.8, 4) is 0 Å². The van der Waals surface area contributed by atoms with E-state index in [2.05, 4.69) is 29.4 Å². The lowest BCUT2D eigenvalue weighted by atomic mass is 10.0. The Bertz CT molecular complexity index is 594. The van der Waals surface area contributed by atoms with Gasteiger partial charge in [0, 0.05) is 24.0 Å². The summed E-state index contributed by atoms with van der Waals surface area (Å²) in [5, 5.41) is 5.88. The van der Waals surface area contributed by atoms with Crippen LogP contribution in [0.25, 0.3) is 0 Å². The first-order valence-electron chi connectivity index (χ1n) is 8.61. The quantitative estimate of drug-likeness (QED) is 0.795. The molecule has 2 N–H and O–H groups in total. The molecule has 1 aliphatic rings. The Morgan fingerprint density at radius 3 is 2.72 bits per heavy atom. The Morgan fingerprint density at radius 1 is 1.36 bits per heavy atom. The molecule has 0 aliphatic carbocycles. The summed E-state index contributed by atoms with van der Waals surface area (Å²) in [6.45, 7) is 5.97. The molecule has 3 amide bonds. The first kappa shape index (κ1) is 19.1. The summed E-state index contributed by atoms with van der Waals surface area (Å²) >= 11 is 0. The van der Waals surface area contributed by atoms with Crippen molar-refractivity contribution in [2.75, 3.05) is 44.0 Å². The summed E-state index contributed by atoms with van der Waals surface area (Å²) in [5.41, 5.74) is 1.36. The average molecular weight is 348 g/mol. The summed E-state index contributed by atoms with van der Waals surface area (Å²) < 4.78 is 4.95. The van der Waals surface area contributed by atoms with E-state index in [1.54, 1.807) is 17.0 Å². The van der Waals surface area contributed by atoms with Gasteiger partial charge in [0.2, 0.25) is 0 Å². The van der Waals surface area contributed by atoms with Crippen LogP contribution >= 0.6 is 0 Å². The molecule has 1 unspecified atom stereocenters. The zero-order chi connectivity index (χ0) is 18.4. The Labute approximate surface area is 149 Å². The molecule has 1 aromatic carbocycles. The third-order valence-electron chi connectivity index (χ3n) is 3.85. The van der Waals surface area contributed by atoms with Crippen molar-refractivity contribution < 1.29 is 14.3 Å². The van der Waals surface area contributed by atoms with Crippen LogP contribution in [-0.4, -0.2) is 56.9 Å². The highest BCUT2D eigenvalue weighted by molar-refractivity contribution is 5.93. The minimum Gasteiger partial charge on any atom is -0.447 e. The van der Waals surface area contributed by atoms with Crippen molar-refractivity contribution in [1.82, 2.24) is 10.2 Å². The fourth-order valence-electron chi connectivity index (χ4n) is 2.92. The molecular formula is C18H28N4O3. The predicted molar refractivity (Wildman–Crippen MR) is 99.1 cm³/mol. The van der Waals surface area contributed by atoms with Crippen molar-refractivity contribution in [1.29, 1.82) is 0 Å². The number of benzene rings is 1. The third kappa shape index (κ3) is 5.94. The van der Waals surface area contributed by atoms with Crippen LogP contribution in [0.5, 0.6) is 0 Å². The van der Waals surface area contributed by atoms with Gasteiger partial charge >= 0.3 is 12.1 Å². The third-order valence-corrected chi connectivity index (χ3v) is 3.85. The zero-order valence-electron chi connectivity index (χ0n) is 15.4. The molecule has 1 saturated heterocycles. The lowest BCUT2D eigenvalue weighted by Crippen LogP contribution is -2.44. The number of urea groups is 1. The van der Waals surface area contributed by atoms with E-state index in [9.17, 15) is 9.59 Å². The number of nitrogens with one attached hydrogen (secondary N) is 2. The lowest BCUT2D eigenvalue weighted by molar-refractivity contribution is 0.181. The number of amides is 3. The van der Waals surface area contributed by atoms with Crippen LogP contribution in [0.4, 0.5) is 21.0 Å². The summed E-state index contributed by atoms with van der Waals surface area (Å²) in [4.78, 5) is 27.6. The van der Waals surface area contributed by atoms with Crippen LogP contribution in [0, 0.1) is 5.92 Å². The molecule has 1 aliphatic heterocycles. The van der Waals surface area contributed by atoms with Crippen molar-refractivity contribution >= 4 is 23.5 Å². The zero-order valence-corrected chi connectivity index (χ0v) is 15.4. The predicted octanol–water partition coefficient (Wildman–Crippen LogP) is 2.74. The van der Waals surface area contributed by atoms with E-state index in [0.717, 1.165) is 13.0 Å². The molecule has 0 bridgehead atoms. The molecule has 0 saturated carbocycles. The second kappa shape index (κ2) is 8.71. The number of carbonyl (C=O) groups excluding carboxylic acids is 2. The second-order valence-corrected chi connectivity index (χ2v) is 7.00. The monoisotopic (exact) mass is 348 g/mol. The van der Waals surface area contributed by atoms with Gasteiger partial charge in [0.15, 0.2) is 0 Å². The van der Waals surface area contributed by atoms with Crippen molar-refractivity contribution in [2.45, 2.75) is 26.3 Å². The van der Waals surface area contributed by atoms with Crippen LogP contribution in [0.3, 0.4) is 0 Å². The minimum absolute atomic E-state index is 0.0757. The van der Waals surface area contributed by atoms with Gasteiger partial charge in [0.25, 0.3) is 0 Å². The molecule has 1 aromatic rings. The standard InChI is InChI=1S/C18H28N4O3/c1-13(2)10-15(12-21(3)4)20-17(23)19-14-6-5-7-16(11-14)22-8-9-25-18(22)24/h5-7,11,13,15H,8-10,12H2,1-4H3,(H2,19,20,23). The molecule has 7 nitrogen and oxygen atoms in total. The number of rotatable bonds is 7. The largest absolute Gasteiger partial charge is 0.447 e. The molecule has 7 heteroatoms. The first-order chi connectivity index (χ1) is 11.8. The number of nitrogens with zero attached hydrogens (tertiary/aromatic N) is 2. The second-order valence-electron chi connectivity index (χ2n) is 7.00. The van der Waals surface area contributed by atoms with Crippen molar-refractivity contribution in [2.24, 2.45) is 5.92 Å². The topological polar surface area (TPSA) is 73.9 Å². The summed E-state index contributed by atoms with van der Waals surface area (Å²) in [5.74, 6) is 0.495. The van der Waals surface area contributed by atoms with Gasteiger partial charge in [-0.2, -0.15) is 0 Å². The van der Waals surface area contributed by atoms with E-state index >= 15 is 0 Å². The van der Waals surface area contributed by atoms with Gasteiger partial charge < -0.3 is 20.3 Å². The van der Waals surface area contributed by atoms with E-state index < -0.39 is 0 Å². The maximum atomic E-state index is 12.3. The molecule has 0 radical (unpaired) electrons. The highest BCUT2D eigenvalue weighted by Crippen LogP contribution is 2.22. The fraction of sp³-hybridized carbons (Fsp3) is 0.556. The van der Waals surface area contributed by atoms with Crippen LogP contribution < -0.4 is 15.5 Å². The summed E-state index contributed by atoms with van der Waals surface area (Å²) in [6.07, 6.45) is 0.551. The normalized spacial score (nSPS) is 15.4. The van der Waals surface area contributed by atoms with Gasteiger partial charge in [-0.05, 0) is 44.6 Å². The van der Waals surface area contributed by atoms with Gasteiger partial charge in [0.1, 0.15) is 6.61 Å². The molecule has 1 atom stereocenters. The number of hydrogen-bond acceptors (Lipinski definition) is 4. The van der Waals surface area contributed by atoms with E-state index in [0.29, 0.717) is 30.4 Å². The average Bonchev–Trinajstić information content (AvgIpc) is 2.92. The van der Waals surface area contributed by atoms with Gasteiger partial charge in [-0.1, -0.05) is 19.9 Å². The Balaban J connectivity index is 1.98. The highest BCUT2D eigenvalue weighted by atomic mass is 16.6. The van der Waals surface area contributed by atoms with Gasteiger partial charge in [-0.15, -0.1) is 0 Å². The maximum Gasteiger partial charge on any atom is 0.414 e. The number of carbonyl (C=O) groups is 2. The molecule has 2 rings (SSSR count). The SMILES string of the molecule is CC(C)CC(CN(C)C)NC(=O)Nc1cccc(N2CCOC2=O)c1. The summed E-state index contributed by atoms with van der Waals surface area (Å²) in [7, 11) is 3.98. The number of hydrogen-bond donors (Lipinski definition) is 2. The van der Waals surface area contributed by atoms with Gasteiger partial charge in [0.05, 0.1) is 6.54 Å². The Morgan fingerprint density at radius 2 is 2.12 bits per heavy atom. The Kier molecular flexibility index (Phi) is 6.64. The maximum absolute atomic E-state index is 12.3. The first-order valence-corrected chi connectivity index (χ1v) is 8.61. The highest BCUT2D eigenvalue weighted by Gasteiger charge is 2.23. The van der Waals surface area contributed by atoms with Gasteiger partial charge in [-0.25, -0.2) is 9.59 Å².